The van der Waals surface area contributed by atoms with Gasteiger partial charge in [-0.3, -0.25) is 9.48 Å². The zero-order valence-corrected chi connectivity index (χ0v) is 12.4. The molecule has 1 unspecified atom stereocenters. The van der Waals surface area contributed by atoms with E-state index in [1.807, 2.05) is 19.0 Å². The summed E-state index contributed by atoms with van der Waals surface area (Å²) in [5.41, 5.74) is 6.23. The van der Waals surface area contributed by atoms with Crippen molar-refractivity contribution in [2.45, 2.75) is 19.0 Å². The normalized spacial score (nSPS) is 12.9. The van der Waals surface area contributed by atoms with Crippen LogP contribution in [0, 0.1) is 0 Å². The molecule has 0 amide bonds. The van der Waals surface area contributed by atoms with Crippen LogP contribution >= 0.6 is 11.6 Å². The molecule has 0 aliphatic rings. The lowest BCUT2D eigenvalue weighted by Gasteiger charge is -2.14. The van der Waals surface area contributed by atoms with Crippen LogP contribution in [-0.2, 0) is 11.3 Å². The van der Waals surface area contributed by atoms with Crippen molar-refractivity contribution in [1.29, 1.82) is 0 Å². The third kappa shape index (κ3) is 4.58. The molecule has 1 rings (SSSR count). The average molecular weight is 289 g/mol. The van der Waals surface area contributed by atoms with E-state index in [0.717, 1.165) is 6.54 Å². The highest BCUT2D eigenvalue weighted by Gasteiger charge is 2.23. The van der Waals surface area contributed by atoms with E-state index in [0.29, 0.717) is 30.3 Å². The van der Waals surface area contributed by atoms with E-state index in [1.165, 1.54) is 6.20 Å². The predicted octanol–water partition coefficient (Wildman–Crippen LogP) is 0.645. The van der Waals surface area contributed by atoms with E-state index < -0.39 is 6.04 Å². The van der Waals surface area contributed by atoms with Crippen LogP contribution in [0.5, 0.6) is 0 Å². The number of halogens is 1. The Kier molecular flexibility index (Phi) is 6.44. The Labute approximate surface area is 118 Å². The fourth-order valence-electron chi connectivity index (χ4n) is 1.62. The van der Waals surface area contributed by atoms with Gasteiger partial charge in [-0.15, -0.1) is 0 Å². The Morgan fingerprint density at radius 2 is 2.32 bits per heavy atom. The highest BCUT2D eigenvalue weighted by Crippen LogP contribution is 2.17. The highest BCUT2D eigenvalue weighted by atomic mass is 35.5. The highest BCUT2D eigenvalue weighted by molar-refractivity contribution is 6.33. The average Bonchev–Trinajstić information content (AvgIpc) is 2.73. The summed E-state index contributed by atoms with van der Waals surface area (Å²) in [6, 6.07) is -0.618. The van der Waals surface area contributed by atoms with Crippen molar-refractivity contribution in [2.75, 3.05) is 34.4 Å². The largest absolute Gasteiger partial charge is 0.385 e. The Morgan fingerprint density at radius 3 is 2.89 bits per heavy atom. The topological polar surface area (TPSA) is 73.4 Å². The standard InChI is InChI=1S/C12H21ClN4O2/c1-16(2)5-6-17-11(9(13)8-15-17)12(18)10(14)4-7-19-3/h8,10H,4-7,14H2,1-3H3. The molecule has 0 spiro atoms. The number of ether oxygens (including phenoxy) is 1. The summed E-state index contributed by atoms with van der Waals surface area (Å²) in [5, 5.41) is 4.47. The second kappa shape index (κ2) is 7.59. The van der Waals surface area contributed by atoms with Crippen LogP contribution in [0.4, 0.5) is 0 Å². The smallest absolute Gasteiger partial charge is 0.199 e. The zero-order chi connectivity index (χ0) is 14.4. The second-order valence-corrected chi connectivity index (χ2v) is 5.03. The van der Waals surface area contributed by atoms with Gasteiger partial charge in [0.1, 0.15) is 5.69 Å². The molecule has 7 heteroatoms. The minimum absolute atomic E-state index is 0.196. The van der Waals surface area contributed by atoms with Crippen LogP contribution in [-0.4, -0.2) is 60.9 Å². The molecule has 1 aromatic heterocycles. The van der Waals surface area contributed by atoms with Gasteiger partial charge in [0, 0.05) is 20.3 Å². The molecule has 0 aromatic carbocycles. The van der Waals surface area contributed by atoms with Gasteiger partial charge in [-0.05, 0) is 20.5 Å². The van der Waals surface area contributed by atoms with Crippen LogP contribution in [0.25, 0.3) is 0 Å². The van der Waals surface area contributed by atoms with Gasteiger partial charge in [0.05, 0.1) is 23.8 Å². The number of nitrogens with zero attached hydrogens (tertiary/aromatic N) is 3. The first-order valence-electron chi connectivity index (χ1n) is 6.12. The molecule has 0 bridgehead atoms. The minimum Gasteiger partial charge on any atom is -0.385 e. The first-order valence-corrected chi connectivity index (χ1v) is 6.50. The number of carbonyl (C=O) groups excluding carboxylic acids is 1. The fraction of sp³-hybridized carbons (Fsp3) is 0.667. The van der Waals surface area contributed by atoms with Crippen LogP contribution in [0.15, 0.2) is 6.20 Å². The van der Waals surface area contributed by atoms with Gasteiger partial charge >= 0.3 is 0 Å². The zero-order valence-electron chi connectivity index (χ0n) is 11.6. The summed E-state index contributed by atoms with van der Waals surface area (Å²) in [4.78, 5) is 14.3. The molecule has 19 heavy (non-hydrogen) atoms. The molecule has 0 saturated heterocycles. The first-order chi connectivity index (χ1) is 8.97. The predicted molar refractivity (Wildman–Crippen MR) is 74.6 cm³/mol. The van der Waals surface area contributed by atoms with Gasteiger partial charge in [0.15, 0.2) is 5.78 Å². The molecule has 6 nitrogen and oxygen atoms in total. The number of rotatable bonds is 8. The van der Waals surface area contributed by atoms with Crippen LogP contribution in [0.2, 0.25) is 5.02 Å². The number of Topliss-reactive ketones (excluding diaryl/α,β-unsaturated/α-hetero) is 1. The summed E-state index contributed by atoms with van der Waals surface area (Å²) in [6.45, 7) is 1.81. The Hall–Kier alpha value is -0.950. The van der Waals surface area contributed by atoms with Gasteiger partial charge in [-0.25, -0.2) is 0 Å². The first kappa shape index (κ1) is 16.1. The van der Waals surface area contributed by atoms with Gasteiger partial charge in [-0.2, -0.15) is 5.10 Å². The lowest BCUT2D eigenvalue weighted by atomic mass is 10.1. The molecule has 1 aromatic rings. The molecule has 0 saturated carbocycles. The van der Waals surface area contributed by atoms with E-state index in [4.69, 9.17) is 22.1 Å². The van der Waals surface area contributed by atoms with Crippen LogP contribution in [0.1, 0.15) is 16.9 Å². The third-order valence-corrected chi connectivity index (χ3v) is 3.03. The lowest BCUT2D eigenvalue weighted by molar-refractivity contribution is 0.0924. The maximum atomic E-state index is 12.3. The van der Waals surface area contributed by atoms with E-state index in [2.05, 4.69) is 5.10 Å². The van der Waals surface area contributed by atoms with Gasteiger partial charge < -0.3 is 15.4 Å². The summed E-state index contributed by atoms with van der Waals surface area (Å²) in [5.74, 6) is -0.196. The van der Waals surface area contributed by atoms with Crippen molar-refractivity contribution < 1.29 is 9.53 Å². The van der Waals surface area contributed by atoms with Crippen molar-refractivity contribution in [3.05, 3.63) is 16.9 Å². The monoisotopic (exact) mass is 288 g/mol. The van der Waals surface area contributed by atoms with E-state index in [9.17, 15) is 4.79 Å². The molecular weight excluding hydrogens is 268 g/mol. The summed E-state index contributed by atoms with van der Waals surface area (Å²) in [6.07, 6.45) is 1.94. The fourth-order valence-corrected chi connectivity index (χ4v) is 1.86. The molecule has 1 atom stereocenters. The molecule has 0 aliphatic carbocycles. The van der Waals surface area contributed by atoms with Crippen LogP contribution in [0.3, 0.4) is 0 Å². The Balaban J connectivity index is 2.80. The molecular formula is C12H21ClN4O2. The number of likely N-dealkylation sites (N-methyl/N-ethyl adjacent to an activating group) is 1. The molecule has 108 valence electrons. The molecule has 0 fully saturated rings. The van der Waals surface area contributed by atoms with Crippen molar-refractivity contribution >= 4 is 17.4 Å². The van der Waals surface area contributed by atoms with Gasteiger partial charge in [-0.1, -0.05) is 11.6 Å². The number of nitrogens with two attached hydrogens (primary N) is 1. The lowest BCUT2D eigenvalue weighted by Crippen LogP contribution is -2.34. The number of hydrogen-bond donors (Lipinski definition) is 1. The van der Waals surface area contributed by atoms with Crippen molar-refractivity contribution in [1.82, 2.24) is 14.7 Å². The maximum Gasteiger partial charge on any atom is 0.199 e. The summed E-state index contributed by atoms with van der Waals surface area (Å²) in [7, 11) is 5.49. The Morgan fingerprint density at radius 1 is 1.63 bits per heavy atom. The van der Waals surface area contributed by atoms with Crippen molar-refractivity contribution in [3.8, 4) is 0 Å². The van der Waals surface area contributed by atoms with Gasteiger partial charge in [0.2, 0.25) is 0 Å². The Bertz CT molecular complexity index is 420. The summed E-state index contributed by atoms with van der Waals surface area (Å²) >= 11 is 6.03. The van der Waals surface area contributed by atoms with Crippen molar-refractivity contribution in [2.24, 2.45) is 5.73 Å². The molecule has 0 aliphatic heterocycles. The van der Waals surface area contributed by atoms with E-state index >= 15 is 0 Å². The number of carbonyl (C=O) groups is 1. The molecule has 1 heterocycles. The number of aromatic nitrogens is 2. The SMILES string of the molecule is COCCC(N)C(=O)c1c(Cl)cnn1CCN(C)C. The summed E-state index contributed by atoms with van der Waals surface area (Å²) < 4.78 is 6.53. The third-order valence-electron chi connectivity index (χ3n) is 2.76. The van der Waals surface area contributed by atoms with Crippen molar-refractivity contribution in [3.63, 3.8) is 0 Å². The second-order valence-electron chi connectivity index (χ2n) is 4.62. The van der Waals surface area contributed by atoms with E-state index in [-0.39, 0.29) is 5.78 Å². The number of methoxy groups -OCH3 is 1. The maximum absolute atomic E-state index is 12.3. The van der Waals surface area contributed by atoms with Crippen LogP contribution < -0.4 is 5.73 Å². The molecule has 0 radical (unpaired) electrons. The minimum atomic E-state index is -0.618. The number of hydrogen-bond acceptors (Lipinski definition) is 5. The number of ketones is 1. The quantitative estimate of drug-likeness (QED) is 0.711. The van der Waals surface area contributed by atoms with E-state index in [1.54, 1.807) is 11.8 Å². The molecule has 2 N–H and O–H groups in total. The van der Waals surface area contributed by atoms with Gasteiger partial charge in [0.25, 0.3) is 0 Å².